The van der Waals surface area contributed by atoms with Gasteiger partial charge in [0.25, 0.3) is 0 Å². The van der Waals surface area contributed by atoms with Crippen LogP contribution in [0.1, 0.15) is 0 Å². The van der Waals surface area contributed by atoms with Gasteiger partial charge in [0.1, 0.15) is 5.75 Å². The first-order valence-corrected chi connectivity index (χ1v) is 4.65. The lowest BCUT2D eigenvalue weighted by Gasteiger charge is -2.04. The molecule has 2 aromatic rings. The molecule has 2 rings (SSSR count). The Bertz CT molecular complexity index is 545. The fourth-order valence-electron chi connectivity index (χ4n) is 1.19. The van der Waals surface area contributed by atoms with Gasteiger partial charge in [-0.1, -0.05) is 0 Å². The van der Waals surface area contributed by atoms with Gasteiger partial charge in [0.05, 0.1) is 11.1 Å². The van der Waals surface area contributed by atoms with Crippen LogP contribution in [0.5, 0.6) is 11.6 Å². The lowest BCUT2D eigenvalue weighted by atomic mass is 10.4. The minimum atomic E-state index is -0.601. The van der Waals surface area contributed by atoms with Gasteiger partial charge in [-0.05, 0) is 12.1 Å². The van der Waals surface area contributed by atoms with Gasteiger partial charge in [0, 0.05) is 18.3 Å². The highest BCUT2D eigenvalue weighted by Gasteiger charge is 2.13. The number of ether oxygens (including phenoxy) is 1. The zero-order chi connectivity index (χ0) is 12.3. The number of nitrogen functional groups attached to an aromatic ring is 1. The van der Waals surface area contributed by atoms with Crippen molar-refractivity contribution in [2.45, 2.75) is 0 Å². The maximum atomic E-state index is 10.5. The van der Waals surface area contributed by atoms with Gasteiger partial charge >= 0.3 is 5.69 Å². The highest BCUT2D eigenvalue weighted by molar-refractivity contribution is 5.53. The fourth-order valence-corrected chi connectivity index (χ4v) is 1.19. The van der Waals surface area contributed by atoms with Crippen molar-refractivity contribution in [3.05, 3.63) is 46.8 Å². The smallest absolute Gasteiger partial charge is 0.311 e. The molecule has 0 atom stereocenters. The second-order valence-electron chi connectivity index (χ2n) is 3.10. The lowest BCUT2D eigenvalue weighted by Crippen LogP contribution is -1.99. The van der Waals surface area contributed by atoms with Crippen LogP contribution in [-0.2, 0) is 0 Å². The van der Waals surface area contributed by atoms with Crippen LogP contribution in [0, 0.1) is 10.1 Å². The molecular formula is C10H8N4O3. The molecule has 0 aliphatic carbocycles. The predicted molar refractivity (Wildman–Crippen MR) is 59.6 cm³/mol. The molecule has 0 saturated heterocycles. The van der Waals surface area contributed by atoms with E-state index in [1.165, 1.54) is 18.3 Å². The number of hydrogen-bond acceptors (Lipinski definition) is 6. The van der Waals surface area contributed by atoms with E-state index in [4.69, 9.17) is 10.5 Å². The molecule has 0 spiro atoms. The maximum Gasteiger partial charge on any atom is 0.311 e. The summed E-state index contributed by atoms with van der Waals surface area (Å²) < 4.78 is 5.32. The van der Waals surface area contributed by atoms with Crippen LogP contribution in [0.4, 0.5) is 11.5 Å². The standard InChI is InChI=1S/C10H8N4O3/c11-10-8(14(15)16)3-4-9(13-10)17-7-2-1-5-12-6-7/h1-6H,(H2,11,13). The average Bonchev–Trinajstić information content (AvgIpc) is 2.30. The molecule has 0 aliphatic heterocycles. The number of nitrogens with zero attached hydrogens (tertiary/aromatic N) is 3. The van der Waals surface area contributed by atoms with Crippen molar-refractivity contribution >= 4 is 11.5 Å². The van der Waals surface area contributed by atoms with Gasteiger partial charge in [0.2, 0.25) is 11.7 Å². The number of anilines is 1. The Labute approximate surface area is 96.0 Å². The van der Waals surface area contributed by atoms with Crippen LogP contribution in [0.25, 0.3) is 0 Å². The second-order valence-corrected chi connectivity index (χ2v) is 3.10. The van der Waals surface area contributed by atoms with Crippen molar-refractivity contribution < 1.29 is 9.66 Å². The third kappa shape index (κ3) is 2.46. The first kappa shape index (κ1) is 10.8. The first-order valence-electron chi connectivity index (χ1n) is 4.65. The molecule has 0 aliphatic rings. The Balaban J connectivity index is 2.24. The van der Waals surface area contributed by atoms with E-state index in [0.29, 0.717) is 5.75 Å². The summed E-state index contributed by atoms with van der Waals surface area (Å²) in [6, 6.07) is 6.01. The van der Waals surface area contributed by atoms with E-state index in [-0.39, 0.29) is 17.4 Å². The van der Waals surface area contributed by atoms with Crippen molar-refractivity contribution in [1.82, 2.24) is 9.97 Å². The molecule has 7 heteroatoms. The van der Waals surface area contributed by atoms with Crippen LogP contribution in [-0.4, -0.2) is 14.9 Å². The Hall–Kier alpha value is -2.70. The van der Waals surface area contributed by atoms with Gasteiger partial charge in [-0.3, -0.25) is 15.1 Å². The monoisotopic (exact) mass is 232 g/mol. The zero-order valence-corrected chi connectivity index (χ0v) is 8.61. The number of pyridine rings is 2. The fraction of sp³-hybridized carbons (Fsp3) is 0. The quantitative estimate of drug-likeness (QED) is 0.638. The molecule has 2 heterocycles. The van der Waals surface area contributed by atoms with E-state index >= 15 is 0 Å². The van der Waals surface area contributed by atoms with Crippen molar-refractivity contribution in [3.63, 3.8) is 0 Å². The molecule has 0 amide bonds. The zero-order valence-electron chi connectivity index (χ0n) is 8.61. The summed E-state index contributed by atoms with van der Waals surface area (Å²) in [7, 11) is 0. The number of aromatic nitrogens is 2. The highest BCUT2D eigenvalue weighted by Crippen LogP contribution is 2.24. The summed E-state index contributed by atoms with van der Waals surface area (Å²) in [5.74, 6) is 0.478. The minimum Gasteiger partial charge on any atom is -0.437 e. The molecule has 0 fully saturated rings. The molecule has 0 radical (unpaired) electrons. The van der Waals surface area contributed by atoms with Crippen LogP contribution in [0.15, 0.2) is 36.7 Å². The SMILES string of the molecule is Nc1nc(Oc2cccnc2)ccc1[N+](=O)[O-]. The summed E-state index contributed by atoms with van der Waals surface area (Å²) in [5, 5.41) is 10.5. The maximum absolute atomic E-state index is 10.5. The molecular weight excluding hydrogens is 224 g/mol. The molecule has 0 saturated carbocycles. The lowest BCUT2D eigenvalue weighted by molar-refractivity contribution is -0.384. The van der Waals surface area contributed by atoms with Gasteiger partial charge in [-0.15, -0.1) is 0 Å². The first-order chi connectivity index (χ1) is 8.16. The van der Waals surface area contributed by atoms with E-state index < -0.39 is 4.92 Å². The largest absolute Gasteiger partial charge is 0.437 e. The summed E-state index contributed by atoms with van der Waals surface area (Å²) in [4.78, 5) is 17.6. The third-order valence-electron chi connectivity index (χ3n) is 1.93. The van der Waals surface area contributed by atoms with Gasteiger partial charge < -0.3 is 10.5 Å². The summed E-state index contributed by atoms with van der Waals surface area (Å²) >= 11 is 0. The van der Waals surface area contributed by atoms with E-state index in [2.05, 4.69) is 9.97 Å². The van der Waals surface area contributed by atoms with Crippen molar-refractivity contribution in [2.24, 2.45) is 0 Å². The molecule has 0 bridgehead atoms. The van der Waals surface area contributed by atoms with E-state index in [9.17, 15) is 10.1 Å². The minimum absolute atomic E-state index is 0.182. The number of nitro groups is 1. The van der Waals surface area contributed by atoms with E-state index in [1.807, 2.05) is 0 Å². The molecule has 0 unspecified atom stereocenters. The van der Waals surface area contributed by atoms with Crippen LogP contribution in [0.2, 0.25) is 0 Å². The number of nitrogens with two attached hydrogens (primary N) is 1. The molecule has 2 N–H and O–H groups in total. The predicted octanol–water partition coefficient (Wildman–Crippen LogP) is 1.76. The summed E-state index contributed by atoms with van der Waals surface area (Å²) in [5.41, 5.74) is 5.18. The van der Waals surface area contributed by atoms with Crippen LogP contribution < -0.4 is 10.5 Å². The topological polar surface area (TPSA) is 104 Å². The van der Waals surface area contributed by atoms with Crippen molar-refractivity contribution in [1.29, 1.82) is 0 Å². The van der Waals surface area contributed by atoms with Crippen molar-refractivity contribution in [2.75, 3.05) is 5.73 Å². The Morgan fingerprint density at radius 3 is 2.76 bits per heavy atom. The summed E-state index contributed by atoms with van der Waals surface area (Å²) in [6.07, 6.45) is 3.10. The van der Waals surface area contributed by atoms with Gasteiger partial charge in [-0.25, -0.2) is 0 Å². The Kier molecular flexibility index (Phi) is 2.82. The number of rotatable bonds is 3. The second kappa shape index (κ2) is 4.44. The highest BCUT2D eigenvalue weighted by atomic mass is 16.6. The molecule has 17 heavy (non-hydrogen) atoms. The molecule has 7 nitrogen and oxygen atoms in total. The van der Waals surface area contributed by atoms with Gasteiger partial charge in [-0.2, -0.15) is 4.98 Å². The molecule has 0 aromatic carbocycles. The molecule has 2 aromatic heterocycles. The Morgan fingerprint density at radius 2 is 2.18 bits per heavy atom. The van der Waals surface area contributed by atoms with E-state index in [1.54, 1.807) is 18.3 Å². The Morgan fingerprint density at radius 1 is 1.35 bits per heavy atom. The summed E-state index contributed by atoms with van der Waals surface area (Å²) in [6.45, 7) is 0. The van der Waals surface area contributed by atoms with Crippen LogP contribution in [0.3, 0.4) is 0 Å². The van der Waals surface area contributed by atoms with Crippen LogP contribution >= 0.6 is 0 Å². The third-order valence-corrected chi connectivity index (χ3v) is 1.93. The average molecular weight is 232 g/mol. The molecule has 86 valence electrons. The normalized spacial score (nSPS) is 9.88. The van der Waals surface area contributed by atoms with E-state index in [0.717, 1.165) is 0 Å². The van der Waals surface area contributed by atoms with Gasteiger partial charge in [0.15, 0.2) is 0 Å². The number of hydrogen-bond donors (Lipinski definition) is 1. The van der Waals surface area contributed by atoms with Crippen molar-refractivity contribution in [3.8, 4) is 11.6 Å².